The second kappa shape index (κ2) is 15.4. The van der Waals surface area contributed by atoms with Gasteiger partial charge in [-0.05, 0) is 49.1 Å². The maximum absolute atomic E-state index is 12.1. The van der Waals surface area contributed by atoms with E-state index in [0.29, 0.717) is 13.2 Å². The number of hydrogen-bond donors (Lipinski definition) is 2. The van der Waals surface area contributed by atoms with E-state index in [2.05, 4.69) is 102 Å². The molecule has 0 aliphatic carbocycles. The van der Waals surface area contributed by atoms with E-state index in [1.54, 1.807) is 6.33 Å². The predicted octanol–water partition coefficient (Wildman–Crippen LogP) is 6.80. The number of aliphatic hydroxyl groups is 1. The lowest BCUT2D eigenvalue weighted by Crippen LogP contribution is -2.67. The number of halogens is 1. The summed E-state index contributed by atoms with van der Waals surface area (Å²) in [5.74, 6) is 0. The van der Waals surface area contributed by atoms with Crippen LogP contribution in [0.3, 0.4) is 0 Å². The quantitative estimate of drug-likeness (QED) is 0.0972. The van der Waals surface area contributed by atoms with Crippen LogP contribution in [0.25, 0.3) is 0 Å². The molecule has 4 aromatic carbocycles. The Morgan fingerprint density at radius 1 is 0.733 bits per heavy atom. The maximum Gasteiger partial charge on any atom is 0.261 e. The number of aromatic nitrogens is 2. The van der Waals surface area contributed by atoms with Crippen molar-refractivity contribution in [1.82, 2.24) is 9.97 Å². The van der Waals surface area contributed by atoms with Crippen LogP contribution in [0.15, 0.2) is 128 Å². The number of ether oxygens (including phenoxy) is 2. The number of nitrogens with one attached hydrogen (secondary N) is 1. The lowest BCUT2D eigenvalue weighted by molar-refractivity contribution is -0.143. The zero-order valence-corrected chi connectivity index (χ0v) is 29.1. The summed E-state index contributed by atoms with van der Waals surface area (Å²) >= 11 is 2.20. The van der Waals surface area contributed by atoms with E-state index in [0.717, 1.165) is 30.9 Å². The van der Waals surface area contributed by atoms with Gasteiger partial charge >= 0.3 is 0 Å². The van der Waals surface area contributed by atoms with Crippen molar-refractivity contribution in [2.75, 3.05) is 6.61 Å². The van der Waals surface area contributed by atoms with Crippen LogP contribution in [0, 0.1) is 3.70 Å². The largest absolute Gasteiger partial charge is 0.405 e. The van der Waals surface area contributed by atoms with Gasteiger partial charge in [0.1, 0.15) is 22.0 Å². The van der Waals surface area contributed by atoms with Crippen LogP contribution in [0.5, 0.6) is 0 Å². The fourth-order valence-corrected chi connectivity index (χ4v) is 11.0. The summed E-state index contributed by atoms with van der Waals surface area (Å²) in [5.41, 5.74) is 2.79. The Kier molecular flexibility index (Phi) is 11.4. The molecule has 5 rings (SSSR count). The highest BCUT2D eigenvalue weighted by atomic mass is 127. The molecule has 0 fully saturated rings. The van der Waals surface area contributed by atoms with Crippen molar-refractivity contribution in [2.45, 2.75) is 57.3 Å². The third-order valence-electron chi connectivity index (χ3n) is 8.03. The van der Waals surface area contributed by atoms with Gasteiger partial charge in [-0.1, -0.05) is 142 Å². The normalized spacial score (nSPS) is 14.2. The number of H-pyrrole nitrogens is 1. The van der Waals surface area contributed by atoms with Gasteiger partial charge in [-0.3, -0.25) is 0 Å². The molecule has 0 saturated carbocycles. The van der Waals surface area contributed by atoms with Crippen LogP contribution in [0.1, 0.15) is 43.7 Å². The molecule has 0 aliphatic heterocycles. The number of benzene rings is 4. The summed E-state index contributed by atoms with van der Waals surface area (Å²) in [5, 5.41) is 14.2. The molecule has 0 aliphatic rings. The third-order valence-corrected chi connectivity index (χ3v) is 13.9. The van der Waals surface area contributed by atoms with Gasteiger partial charge in [0.05, 0.1) is 31.8 Å². The molecule has 0 unspecified atom stereocenters. The van der Waals surface area contributed by atoms with Crippen LogP contribution in [0.2, 0.25) is 5.04 Å². The van der Waals surface area contributed by atoms with Crippen LogP contribution < -0.4 is 10.4 Å². The molecule has 0 bridgehead atoms. The number of rotatable bonds is 14. The number of nitrogens with zero attached hydrogens (tertiary/aromatic N) is 1. The molecule has 0 radical (unpaired) electrons. The van der Waals surface area contributed by atoms with Gasteiger partial charge in [0.15, 0.2) is 0 Å². The van der Waals surface area contributed by atoms with Gasteiger partial charge in [-0.25, -0.2) is 4.98 Å². The van der Waals surface area contributed by atoms with Crippen LogP contribution >= 0.6 is 22.6 Å². The molecule has 3 atom stereocenters. The molecule has 0 amide bonds. The number of aromatic amines is 1. The summed E-state index contributed by atoms with van der Waals surface area (Å²) in [7, 11) is -2.91. The Hall–Kier alpha value is -3.12. The van der Waals surface area contributed by atoms with Gasteiger partial charge in [0.25, 0.3) is 8.32 Å². The first-order valence-electron chi connectivity index (χ1n) is 15.2. The van der Waals surface area contributed by atoms with Crippen LogP contribution in [-0.2, 0) is 27.1 Å². The summed E-state index contributed by atoms with van der Waals surface area (Å²) in [6.07, 6.45) is -0.771. The van der Waals surface area contributed by atoms with Gasteiger partial charge in [-0.15, -0.1) is 0 Å². The van der Waals surface area contributed by atoms with Crippen molar-refractivity contribution in [3.8, 4) is 0 Å². The number of aliphatic hydroxyl groups excluding tert-OH is 1. The van der Waals surface area contributed by atoms with Crippen LogP contribution in [0.4, 0.5) is 0 Å². The average Bonchev–Trinajstić information content (AvgIpc) is 3.49. The Labute approximate surface area is 281 Å². The van der Waals surface area contributed by atoms with Crippen molar-refractivity contribution in [3.05, 3.63) is 148 Å². The monoisotopic (exact) mass is 732 g/mol. The Morgan fingerprint density at radius 3 is 1.64 bits per heavy atom. The molecule has 8 heteroatoms. The summed E-state index contributed by atoms with van der Waals surface area (Å²) in [6.45, 7) is 7.39. The van der Waals surface area contributed by atoms with Crippen molar-refractivity contribution in [3.63, 3.8) is 0 Å². The van der Waals surface area contributed by atoms with Crippen molar-refractivity contribution >= 4 is 41.3 Å². The fraction of sp³-hybridized carbons (Fsp3) is 0.270. The van der Waals surface area contributed by atoms with Crippen molar-refractivity contribution in [2.24, 2.45) is 0 Å². The molecule has 234 valence electrons. The topological polar surface area (TPSA) is 76.6 Å². The second-order valence-electron chi connectivity index (χ2n) is 12.1. The van der Waals surface area contributed by atoms with Gasteiger partial charge in [0, 0.05) is 0 Å². The molecule has 5 aromatic rings. The van der Waals surface area contributed by atoms with Crippen molar-refractivity contribution in [1.29, 1.82) is 0 Å². The first-order valence-corrected chi connectivity index (χ1v) is 18.2. The van der Waals surface area contributed by atoms with Gasteiger partial charge in [-0.2, -0.15) is 0 Å². The average molecular weight is 733 g/mol. The zero-order valence-electron chi connectivity index (χ0n) is 26.0. The molecule has 1 heterocycles. The lowest BCUT2D eigenvalue weighted by Gasteiger charge is -2.44. The molecular formula is C37H41IN2O4Si. The lowest BCUT2D eigenvalue weighted by atomic mass is 10.1. The second-order valence-corrected chi connectivity index (χ2v) is 17.5. The molecule has 0 spiro atoms. The molecule has 2 N–H and O–H groups in total. The van der Waals surface area contributed by atoms with Crippen LogP contribution in [-0.4, -0.2) is 42.2 Å². The Morgan fingerprint density at radius 2 is 1.20 bits per heavy atom. The first-order chi connectivity index (χ1) is 21.8. The van der Waals surface area contributed by atoms with Gasteiger partial charge in [0.2, 0.25) is 0 Å². The van der Waals surface area contributed by atoms with E-state index in [1.807, 2.05) is 72.8 Å². The number of hydrogen-bond acceptors (Lipinski definition) is 5. The van der Waals surface area contributed by atoms with E-state index in [4.69, 9.17) is 13.9 Å². The molecule has 0 saturated heterocycles. The maximum atomic E-state index is 12.1. The highest BCUT2D eigenvalue weighted by Gasteiger charge is 2.51. The van der Waals surface area contributed by atoms with E-state index >= 15 is 0 Å². The van der Waals surface area contributed by atoms with E-state index in [9.17, 15) is 5.11 Å². The SMILES string of the molecule is CC(C)(C)[Si](OC[C@H](O)[C@@H](OCc1ccccc1)[C@H](OCc1ccccc1)c1[nH]cnc1I)(c1ccccc1)c1ccccc1. The zero-order chi connectivity index (χ0) is 31.7. The van der Waals surface area contributed by atoms with Crippen molar-refractivity contribution < 1.29 is 19.0 Å². The summed E-state index contributed by atoms with van der Waals surface area (Å²) < 4.78 is 21.1. The third kappa shape index (κ3) is 8.00. The molecule has 1 aromatic heterocycles. The summed E-state index contributed by atoms with van der Waals surface area (Å²) in [6, 6.07) is 40.9. The first kappa shape index (κ1) is 33.2. The predicted molar refractivity (Wildman–Crippen MR) is 190 cm³/mol. The minimum Gasteiger partial charge on any atom is -0.405 e. The van der Waals surface area contributed by atoms with E-state index < -0.39 is 26.6 Å². The van der Waals surface area contributed by atoms with E-state index in [1.165, 1.54) is 0 Å². The van der Waals surface area contributed by atoms with E-state index in [-0.39, 0.29) is 11.6 Å². The standard InChI is InChI=1S/C37H41IN2O4Si/c1-37(2,3)45(30-20-12-6-13-21-30,31-22-14-7-15-23-31)44-26-32(41)34(42-24-28-16-8-4-9-17-28)35(33-36(38)40-27-39-33)43-25-29-18-10-5-11-19-29/h4-23,27,32,34-35,41H,24-26H2,1-3H3,(H,39,40)/t32-,34+,35+/m0/s1. The highest BCUT2D eigenvalue weighted by molar-refractivity contribution is 14.1. The molecular weight excluding hydrogens is 691 g/mol. The Bertz CT molecular complexity index is 1540. The highest BCUT2D eigenvalue weighted by Crippen LogP contribution is 2.37. The fourth-order valence-electron chi connectivity index (χ4n) is 5.82. The smallest absolute Gasteiger partial charge is 0.261 e. The minimum absolute atomic E-state index is 0.0582. The summed E-state index contributed by atoms with van der Waals surface area (Å²) in [4.78, 5) is 7.70. The Balaban J connectivity index is 1.51. The molecule has 45 heavy (non-hydrogen) atoms. The minimum atomic E-state index is -2.91. The number of imidazole rings is 1. The molecule has 6 nitrogen and oxygen atoms in total. The van der Waals surface area contributed by atoms with Gasteiger partial charge < -0.3 is 24.0 Å².